The fraction of sp³-hybridized carbons (Fsp3) is 0.409. The maximum absolute atomic E-state index is 12.2. The van der Waals surface area contributed by atoms with Crippen LogP contribution in [0.25, 0.3) is 27.6 Å². The van der Waals surface area contributed by atoms with Gasteiger partial charge in [-0.15, -0.1) is 0 Å². The van der Waals surface area contributed by atoms with Crippen molar-refractivity contribution in [1.29, 1.82) is 0 Å². The maximum Gasteiger partial charge on any atom is 0.225 e. The molecular formula is C22H26BrN9O. The van der Waals surface area contributed by atoms with Crippen molar-refractivity contribution in [3.63, 3.8) is 0 Å². The van der Waals surface area contributed by atoms with Crippen LogP contribution < -0.4 is 16.4 Å². The molecule has 1 aliphatic rings. The Bertz CT molecular complexity index is 1350. The minimum atomic E-state index is -0.370. The number of carbonyl (C=O) groups excluding carboxylic acids is 1. The molecule has 1 saturated carbocycles. The van der Waals surface area contributed by atoms with Gasteiger partial charge in [0.25, 0.3) is 0 Å². The second kappa shape index (κ2) is 8.38. The lowest BCUT2D eigenvalue weighted by Gasteiger charge is -2.22. The highest BCUT2D eigenvalue weighted by Gasteiger charge is 2.40. The molecule has 1 amide bonds. The molecule has 0 bridgehead atoms. The average Bonchev–Trinajstić information content (AvgIpc) is 3.48. The van der Waals surface area contributed by atoms with E-state index in [0.29, 0.717) is 29.3 Å². The zero-order valence-electron chi connectivity index (χ0n) is 18.5. The van der Waals surface area contributed by atoms with Crippen molar-refractivity contribution in [2.24, 2.45) is 11.1 Å². The smallest absolute Gasteiger partial charge is 0.225 e. The molecule has 10 nitrogen and oxygen atoms in total. The zero-order valence-corrected chi connectivity index (χ0v) is 20.1. The van der Waals surface area contributed by atoms with E-state index in [-0.39, 0.29) is 17.4 Å². The first-order valence-electron chi connectivity index (χ1n) is 11.0. The molecule has 2 atom stereocenters. The number of carbonyl (C=O) groups is 1. The number of nitrogens with zero attached hydrogens (tertiary/aromatic N) is 6. The van der Waals surface area contributed by atoms with E-state index in [4.69, 9.17) is 10.7 Å². The summed E-state index contributed by atoms with van der Waals surface area (Å²) in [6, 6.07) is 6.11. The van der Waals surface area contributed by atoms with Gasteiger partial charge in [0.2, 0.25) is 11.9 Å². The molecule has 0 spiro atoms. The highest BCUT2D eigenvalue weighted by molar-refractivity contribution is 9.10. The predicted octanol–water partition coefficient (Wildman–Crippen LogP) is 2.60. The van der Waals surface area contributed by atoms with Crippen LogP contribution in [0.15, 0.2) is 35.2 Å². The highest BCUT2D eigenvalue weighted by atomic mass is 79.9. The molecular weight excluding hydrogens is 486 g/mol. The van der Waals surface area contributed by atoms with Gasteiger partial charge in [0.05, 0.1) is 23.1 Å². The molecule has 1 aromatic carbocycles. The van der Waals surface area contributed by atoms with E-state index in [1.807, 2.05) is 36.0 Å². The summed E-state index contributed by atoms with van der Waals surface area (Å²) < 4.78 is 4.33. The molecule has 3 aromatic heterocycles. The first-order valence-corrected chi connectivity index (χ1v) is 11.8. The fourth-order valence-electron chi connectivity index (χ4n) is 4.62. The molecule has 11 heteroatoms. The van der Waals surface area contributed by atoms with E-state index < -0.39 is 0 Å². The van der Waals surface area contributed by atoms with Crippen LogP contribution in [0.1, 0.15) is 26.2 Å². The van der Waals surface area contributed by atoms with Crippen LogP contribution in [-0.2, 0) is 11.3 Å². The molecule has 4 aromatic rings. The number of amides is 1. The van der Waals surface area contributed by atoms with Crippen molar-refractivity contribution in [3.8, 4) is 5.69 Å². The van der Waals surface area contributed by atoms with Crippen LogP contribution in [-0.4, -0.2) is 55.1 Å². The van der Waals surface area contributed by atoms with Crippen molar-refractivity contribution >= 4 is 49.7 Å². The third kappa shape index (κ3) is 3.95. The van der Waals surface area contributed by atoms with Crippen LogP contribution >= 0.6 is 15.9 Å². The number of hydrogen-bond acceptors (Lipinski definition) is 7. The quantitative estimate of drug-likeness (QED) is 0.362. The van der Waals surface area contributed by atoms with Crippen molar-refractivity contribution in [3.05, 3.63) is 35.2 Å². The number of rotatable bonds is 6. The van der Waals surface area contributed by atoms with Gasteiger partial charge in [0, 0.05) is 42.8 Å². The van der Waals surface area contributed by atoms with Crippen molar-refractivity contribution in [2.45, 2.75) is 38.8 Å². The van der Waals surface area contributed by atoms with Gasteiger partial charge in [0.1, 0.15) is 4.60 Å². The summed E-state index contributed by atoms with van der Waals surface area (Å²) in [6.07, 6.45) is 6.20. The second-order valence-corrected chi connectivity index (χ2v) is 9.53. The Hall–Kier alpha value is -3.05. The van der Waals surface area contributed by atoms with Gasteiger partial charge >= 0.3 is 0 Å². The standard InChI is InChI=1S/C22H26BrN9O/c1-22(20(33)25-2)6-5-14(10-22)27-21-26-11-16-18(23)30-32(19(16)28-21)15-3-4-17-13(9-15)12-31(29-17)8-7-24/h3-4,9,11-12,14H,5-8,10,24H2,1-2H3,(H,25,33)(H,26,27,28)/t14?,22-/m1/s1. The number of halogens is 1. The number of nitrogens with one attached hydrogen (secondary N) is 2. The van der Waals surface area contributed by atoms with E-state index in [2.05, 4.69) is 41.7 Å². The minimum Gasteiger partial charge on any atom is -0.359 e. The van der Waals surface area contributed by atoms with E-state index in [0.717, 1.165) is 41.2 Å². The molecule has 5 rings (SSSR count). The first-order chi connectivity index (χ1) is 15.9. The lowest BCUT2D eigenvalue weighted by Crippen LogP contribution is -2.35. The van der Waals surface area contributed by atoms with Crippen molar-refractivity contribution < 1.29 is 4.79 Å². The SMILES string of the molecule is CNC(=O)[C@]1(C)CCC(Nc2ncc3c(Br)nn(-c4ccc5nn(CCN)cc5c4)c3n2)C1. The third-order valence-corrected chi connectivity index (χ3v) is 6.95. The lowest BCUT2D eigenvalue weighted by atomic mass is 9.87. The van der Waals surface area contributed by atoms with Gasteiger partial charge in [-0.3, -0.25) is 9.48 Å². The minimum absolute atomic E-state index is 0.0790. The number of nitrogens with two attached hydrogens (primary N) is 1. The van der Waals surface area contributed by atoms with Crippen LogP contribution in [0.3, 0.4) is 0 Å². The third-order valence-electron chi connectivity index (χ3n) is 6.37. The normalized spacial score (nSPS) is 20.5. The second-order valence-electron chi connectivity index (χ2n) is 8.78. The molecule has 3 heterocycles. The Morgan fingerprint density at radius 3 is 3.00 bits per heavy atom. The van der Waals surface area contributed by atoms with E-state index in [1.54, 1.807) is 17.9 Å². The number of aromatic nitrogens is 6. The Balaban J connectivity index is 1.46. The molecule has 0 aliphatic heterocycles. The summed E-state index contributed by atoms with van der Waals surface area (Å²) in [7, 11) is 1.69. The van der Waals surface area contributed by atoms with Gasteiger partial charge in [0.15, 0.2) is 5.65 Å². The summed E-state index contributed by atoms with van der Waals surface area (Å²) in [4.78, 5) is 21.5. The Labute approximate surface area is 199 Å². The van der Waals surface area contributed by atoms with E-state index >= 15 is 0 Å². The topological polar surface area (TPSA) is 129 Å². The van der Waals surface area contributed by atoms with Gasteiger partial charge in [-0.25, -0.2) is 9.67 Å². The van der Waals surface area contributed by atoms with Crippen LogP contribution in [0.4, 0.5) is 5.95 Å². The fourth-order valence-corrected chi connectivity index (χ4v) is 5.05. The number of fused-ring (bicyclic) bond motifs is 2. The van der Waals surface area contributed by atoms with E-state index in [9.17, 15) is 4.79 Å². The summed E-state index contributed by atoms with van der Waals surface area (Å²) in [5.41, 5.74) is 7.76. The monoisotopic (exact) mass is 511 g/mol. The Morgan fingerprint density at radius 1 is 1.36 bits per heavy atom. The van der Waals surface area contributed by atoms with Crippen LogP contribution in [0.5, 0.6) is 0 Å². The molecule has 0 radical (unpaired) electrons. The lowest BCUT2D eigenvalue weighted by molar-refractivity contribution is -0.129. The maximum atomic E-state index is 12.2. The van der Waals surface area contributed by atoms with Crippen LogP contribution in [0.2, 0.25) is 0 Å². The van der Waals surface area contributed by atoms with Gasteiger partial charge in [-0.2, -0.15) is 15.2 Å². The number of hydrogen-bond donors (Lipinski definition) is 3. The molecule has 1 aliphatic carbocycles. The van der Waals surface area contributed by atoms with Crippen LogP contribution in [0, 0.1) is 5.41 Å². The van der Waals surface area contributed by atoms with E-state index in [1.165, 1.54) is 0 Å². The summed E-state index contributed by atoms with van der Waals surface area (Å²) in [5, 5.41) is 17.2. The highest BCUT2D eigenvalue weighted by Crippen LogP contribution is 2.39. The molecule has 172 valence electrons. The average molecular weight is 512 g/mol. The molecule has 1 fully saturated rings. The summed E-state index contributed by atoms with van der Waals surface area (Å²) in [5.74, 6) is 0.606. The molecule has 1 unspecified atom stereocenters. The van der Waals surface area contributed by atoms with Crippen molar-refractivity contribution in [2.75, 3.05) is 18.9 Å². The Morgan fingerprint density at radius 2 is 2.21 bits per heavy atom. The first kappa shape index (κ1) is 21.8. The van der Waals surface area contributed by atoms with Gasteiger partial charge in [-0.1, -0.05) is 6.92 Å². The largest absolute Gasteiger partial charge is 0.359 e. The number of anilines is 1. The van der Waals surface area contributed by atoms with Crippen molar-refractivity contribution in [1.82, 2.24) is 34.8 Å². The Kier molecular flexibility index (Phi) is 5.53. The summed E-state index contributed by atoms with van der Waals surface area (Å²) in [6.45, 7) is 3.21. The van der Waals surface area contributed by atoms with Gasteiger partial charge in [-0.05, 0) is 53.4 Å². The molecule has 4 N–H and O–H groups in total. The number of benzene rings is 1. The molecule has 33 heavy (non-hydrogen) atoms. The molecule has 0 saturated heterocycles. The zero-order chi connectivity index (χ0) is 23.2. The van der Waals surface area contributed by atoms with Gasteiger partial charge < -0.3 is 16.4 Å². The predicted molar refractivity (Wildman–Crippen MR) is 130 cm³/mol. The summed E-state index contributed by atoms with van der Waals surface area (Å²) >= 11 is 3.53.